The molecule has 8 nitrogen and oxygen atoms in total. The third-order valence-electron chi connectivity index (χ3n) is 5.24. The topological polar surface area (TPSA) is 116 Å². The number of carbonyl (C=O) groups is 2. The molecular weight excluding hydrogens is 420 g/mol. The summed E-state index contributed by atoms with van der Waals surface area (Å²) >= 11 is 0. The average molecular weight is 447 g/mol. The van der Waals surface area contributed by atoms with E-state index in [-0.39, 0.29) is 18.1 Å². The van der Waals surface area contributed by atoms with Crippen molar-refractivity contribution in [3.63, 3.8) is 0 Å². The van der Waals surface area contributed by atoms with Crippen LogP contribution in [-0.4, -0.2) is 50.9 Å². The summed E-state index contributed by atoms with van der Waals surface area (Å²) < 4.78 is 34.8. The van der Waals surface area contributed by atoms with Crippen LogP contribution >= 0.6 is 0 Å². The van der Waals surface area contributed by atoms with E-state index in [1.165, 1.54) is 12.0 Å². The number of benzene rings is 2. The number of nitrogens with two attached hydrogens (primary N) is 1. The van der Waals surface area contributed by atoms with Crippen LogP contribution in [0, 0.1) is 0 Å². The molecule has 1 aliphatic heterocycles. The molecule has 1 aliphatic rings. The number of hydrogen-bond acceptors (Lipinski definition) is 6. The zero-order valence-electron chi connectivity index (χ0n) is 17.7. The maximum Gasteiger partial charge on any atom is 0.255 e. The van der Waals surface area contributed by atoms with Crippen molar-refractivity contribution in [1.29, 1.82) is 0 Å². The van der Waals surface area contributed by atoms with E-state index >= 15 is 0 Å². The molecule has 31 heavy (non-hydrogen) atoms. The van der Waals surface area contributed by atoms with Gasteiger partial charge < -0.3 is 20.1 Å². The van der Waals surface area contributed by atoms with Crippen LogP contribution in [0.2, 0.25) is 0 Å². The molecule has 0 spiro atoms. The first-order chi connectivity index (χ1) is 14.7. The zero-order chi connectivity index (χ0) is 22.8. The number of nitrogens with zero attached hydrogens (tertiary/aromatic N) is 1. The highest BCUT2D eigenvalue weighted by Gasteiger charge is 2.44. The lowest BCUT2D eigenvalue weighted by atomic mass is 9.99. The van der Waals surface area contributed by atoms with Crippen molar-refractivity contribution in [2.75, 3.05) is 25.7 Å². The highest BCUT2D eigenvalue weighted by atomic mass is 32.2. The van der Waals surface area contributed by atoms with Crippen molar-refractivity contribution in [2.24, 2.45) is 5.73 Å². The molecular formula is C22H26N2O6S. The van der Waals surface area contributed by atoms with Crippen molar-refractivity contribution >= 4 is 21.7 Å². The number of ether oxygens (including phenoxy) is 2. The number of methoxy groups -OCH3 is 1. The first kappa shape index (κ1) is 22.6. The van der Waals surface area contributed by atoms with Crippen molar-refractivity contribution in [1.82, 2.24) is 4.90 Å². The number of carbonyl (C=O) groups excluding carboxylic acids is 2. The fourth-order valence-corrected chi connectivity index (χ4v) is 4.56. The third kappa shape index (κ3) is 4.66. The van der Waals surface area contributed by atoms with Gasteiger partial charge in [-0.2, -0.15) is 0 Å². The summed E-state index contributed by atoms with van der Waals surface area (Å²) in [5, 5.41) is 0. The lowest BCUT2D eigenvalue weighted by Gasteiger charge is -2.33. The molecule has 1 heterocycles. The molecule has 0 fully saturated rings. The Morgan fingerprint density at radius 1 is 1.19 bits per heavy atom. The van der Waals surface area contributed by atoms with Gasteiger partial charge in [0.05, 0.1) is 25.5 Å². The van der Waals surface area contributed by atoms with E-state index in [1.54, 1.807) is 42.5 Å². The molecule has 3 rings (SSSR count). The van der Waals surface area contributed by atoms with Crippen LogP contribution in [0.4, 0.5) is 0 Å². The summed E-state index contributed by atoms with van der Waals surface area (Å²) in [6.45, 7) is 2.23. The first-order valence-electron chi connectivity index (χ1n) is 9.87. The zero-order valence-corrected chi connectivity index (χ0v) is 18.5. The fraction of sp³-hybridized carbons (Fsp3) is 0.364. The van der Waals surface area contributed by atoms with Crippen molar-refractivity contribution in [3.05, 3.63) is 59.2 Å². The maximum atomic E-state index is 13.3. The van der Waals surface area contributed by atoms with Crippen LogP contribution < -0.4 is 15.2 Å². The molecule has 0 aliphatic carbocycles. The highest BCUT2D eigenvalue weighted by Crippen LogP contribution is 2.42. The van der Waals surface area contributed by atoms with Gasteiger partial charge in [-0.05, 0) is 42.7 Å². The Bertz CT molecular complexity index is 1100. The van der Waals surface area contributed by atoms with E-state index in [0.29, 0.717) is 34.8 Å². The third-order valence-corrected chi connectivity index (χ3v) is 6.22. The van der Waals surface area contributed by atoms with Crippen LogP contribution in [0.1, 0.15) is 46.9 Å². The van der Waals surface area contributed by atoms with Crippen LogP contribution in [0.3, 0.4) is 0 Å². The molecule has 2 unspecified atom stereocenters. The van der Waals surface area contributed by atoms with Crippen LogP contribution in [-0.2, 0) is 14.6 Å². The van der Waals surface area contributed by atoms with E-state index in [0.717, 1.165) is 6.26 Å². The van der Waals surface area contributed by atoms with Gasteiger partial charge in [0.1, 0.15) is 15.9 Å². The Kier molecular flexibility index (Phi) is 6.54. The van der Waals surface area contributed by atoms with Gasteiger partial charge in [-0.3, -0.25) is 9.59 Å². The van der Waals surface area contributed by atoms with Crippen molar-refractivity contribution in [3.8, 4) is 11.5 Å². The molecule has 0 aromatic heterocycles. The minimum Gasteiger partial charge on any atom is -0.493 e. The Morgan fingerprint density at radius 2 is 1.90 bits per heavy atom. The average Bonchev–Trinajstić information content (AvgIpc) is 3.01. The van der Waals surface area contributed by atoms with Gasteiger partial charge in [-0.1, -0.05) is 24.3 Å². The Morgan fingerprint density at radius 3 is 2.52 bits per heavy atom. The van der Waals surface area contributed by atoms with E-state index in [1.807, 2.05) is 6.92 Å². The Balaban J connectivity index is 2.12. The molecule has 2 aromatic carbocycles. The first-order valence-corrected chi connectivity index (χ1v) is 11.9. The van der Waals surface area contributed by atoms with E-state index in [4.69, 9.17) is 15.2 Å². The molecule has 2 N–H and O–H groups in total. The fourth-order valence-electron chi connectivity index (χ4n) is 3.91. The number of primary amides is 1. The summed E-state index contributed by atoms with van der Waals surface area (Å²) in [5.74, 6) is -0.242. The van der Waals surface area contributed by atoms with Gasteiger partial charge in [-0.25, -0.2) is 8.42 Å². The predicted molar refractivity (Wildman–Crippen MR) is 116 cm³/mol. The normalized spacial score (nSPS) is 16.7. The molecule has 166 valence electrons. The minimum atomic E-state index is -3.32. The summed E-state index contributed by atoms with van der Waals surface area (Å²) in [4.78, 5) is 27.1. The quantitative estimate of drug-likeness (QED) is 0.632. The summed E-state index contributed by atoms with van der Waals surface area (Å²) in [7, 11) is -1.81. The standard InChI is InChI=1S/C22H26N2O6S/c1-4-30-19-13-14(9-10-18(19)29-2)17(11-12-31(3,27)28)24-20(21(23)25)15-7-5-6-8-16(15)22(24)26/h5-10,13,17,20H,4,11-12H2,1-3H3,(H2,23,25). The molecule has 2 atom stereocenters. The molecule has 0 saturated heterocycles. The largest absolute Gasteiger partial charge is 0.493 e. The van der Waals surface area contributed by atoms with Crippen LogP contribution in [0.15, 0.2) is 42.5 Å². The second-order valence-electron chi connectivity index (χ2n) is 7.38. The Labute approximate surface area is 181 Å². The van der Waals surface area contributed by atoms with Gasteiger partial charge in [-0.15, -0.1) is 0 Å². The van der Waals surface area contributed by atoms with Gasteiger partial charge in [0.15, 0.2) is 11.5 Å². The molecule has 0 saturated carbocycles. The van der Waals surface area contributed by atoms with Gasteiger partial charge >= 0.3 is 0 Å². The minimum absolute atomic E-state index is 0.0975. The molecule has 0 bridgehead atoms. The highest BCUT2D eigenvalue weighted by molar-refractivity contribution is 7.90. The second-order valence-corrected chi connectivity index (χ2v) is 9.64. The van der Waals surface area contributed by atoms with Crippen LogP contribution in [0.25, 0.3) is 0 Å². The molecule has 9 heteroatoms. The summed E-state index contributed by atoms with van der Waals surface area (Å²) in [5.41, 5.74) is 7.22. The lowest BCUT2D eigenvalue weighted by molar-refractivity contribution is -0.123. The van der Waals surface area contributed by atoms with E-state index < -0.39 is 27.8 Å². The number of fused-ring (bicyclic) bond motifs is 1. The van der Waals surface area contributed by atoms with Crippen molar-refractivity contribution < 1.29 is 27.5 Å². The lowest BCUT2D eigenvalue weighted by Crippen LogP contribution is -2.39. The van der Waals surface area contributed by atoms with E-state index in [2.05, 4.69) is 0 Å². The summed E-state index contributed by atoms with van der Waals surface area (Å²) in [6, 6.07) is 10.2. The van der Waals surface area contributed by atoms with Gasteiger partial charge in [0.25, 0.3) is 5.91 Å². The smallest absolute Gasteiger partial charge is 0.255 e. The van der Waals surface area contributed by atoms with Gasteiger partial charge in [0.2, 0.25) is 5.91 Å². The SMILES string of the molecule is CCOc1cc(C(CCS(C)(=O)=O)N2C(=O)c3ccccc3C2C(N)=O)ccc1OC. The number of hydrogen-bond donors (Lipinski definition) is 1. The molecule has 0 radical (unpaired) electrons. The number of sulfone groups is 1. The number of amides is 2. The van der Waals surface area contributed by atoms with Crippen LogP contribution in [0.5, 0.6) is 11.5 Å². The predicted octanol–water partition coefficient (Wildman–Crippen LogP) is 2.25. The maximum absolute atomic E-state index is 13.3. The number of rotatable bonds is 9. The van der Waals surface area contributed by atoms with E-state index in [9.17, 15) is 18.0 Å². The van der Waals surface area contributed by atoms with Crippen molar-refractivity contribution in [2.45, 2.75) is 25.4 Å². The second kappa shape index (κ2) is 8.97. The Hall–Kier alpha value is -3.07. The summed E-state index contributed by atoms with van der Waals surface area (Å²) in [6.07, 6.45) is 1.23. The van der Waals surface area contributed by atoms with Gasteiger partial charge in [0, 0.05) is 11.8 Å². The monoisotopic (exact) mass is 446 g/mol. The molecule has 2 amide bonds. The molecule has 2 aromatic rings.